The lowest BCUT2D eigenvalue weighted by Crippen LogP contribution is -2.07. The molecule has 1 aromatic carbocycles. The van der Waals surface area contributed by atoms with Crippen molar-refractivity contribution in [1.82, 2.24) is 15.1 Å². The van der Waals surface area contributed by atoms with E-state index in [9.17, 15) is 0 Å². The number of hydrogen-bond donors (Lipinski definition) is 1. The summed E-state index contributed by atoms with van der Waals surface area (Å²) >= 11 is 0. The van der Waals surface area contributed by atoms with Crippen molar-refractivity contribution in [1.29, 1.82) is 0 Å². The molecule has 0 saturated heterocycles. The second-order valence-corrected chi connectivity index (χ2v) is 4.29. The van der Waals surface area contributed by atoms with Crippen molar-refractivity contribution in [3.63, 3.8) is 0 Å². The number of rotatable bonds is 4. The summed E-state index contributed by atoms with van der Waals surface area (Å²) < 4.78 is 4.93. The van der Waals surface area contributed by atoms with Gasteiger partial charge in [0.05, 0.1) is 0 Å². The first-order valence-corrected chi connectivity index (χ1v) is 6.20. The number of benzene rings is 1. The molecule has 2 heterocycles. The van der Waals surface area contributed by atoms with Gasteiger partial charge in [-0.1, -0.05) is 29.4 Å². The minimum atomic E-state index is 0.596. The molecular weight excluding hydrogens is 240 g/mol. The van der Waals surface area contributed by atoms with Crippen LogP contribution < -0.4 is 5.32 Å². The molecule has 3 aromatic rings. The van der Waals surface area contributed by atoms with Gasteiger partial charge in [-0.05, 0) is 11.5 Å². The lowest BCUT2D eigenvalue weighted by atomic mass is 10.1. The van der Waals surface area contributed by atoms with Gasteiger partial charge in [0, 0.05) is 31.5 Å². The Morgan fingerprint density at radius 2 is 2.11 bits per heavy atom. The van der Waals surface area contributed by atoms with Gasteiger partial charge in [0.2, 0.25) is 5.89 Å². The van der Waals surface area contributed by atoms with Gasteiger partial charge in [-0.25, -0.2) is 4.98 Å². The summed E-state index contributed by atoms with van der Waals surface area (Å²) in [5.41, 5.74) is 0. The Balaban J connectivity index is 1.71. The highest BCUT2D eigenvalue weighted by Crippen LogP contribution is 2.20. The first kappa shape index (κ1) is 11.6. The average Bonchev–Trinajstić information content (AvgIpc) is 2.85. The topological polar surface area (TPSA) is 63.8 Å². The summed E-state index contributed by atoms with van der Waals surface area (Å²) in [7, 11) is 0. The molecule has 0 spiro atoms. The van der Waals surface area contributed by atoms with Crippen LogP contribution in [0.5, 0.6) is 0 Å². The number of hydrogen-bond acceptors (Lipinski definition) is 5. The monoisotopic (exact) mass is 254 g/mol. The van der Waals surface area contributed by atoms with E-state index in [1.165, 1.54) is 5.39 Å². The Bertz CT molecular complexity index is 687. The van der Waals surface area contributed by atoms with E-state index in [0.717, 1.165) is 17.7 Å². The fourth-order valence-electron chi connectivity index (χ4n) is 2.00. The Morgan fingerprint density at radius 3 is 2.95 bits per heavy atom. The standard InChI is InChI=1S/C14H14N4O/c1-10-17-13(18-19-10)7-9-16-14-12-5-3-2-4-11(12)6-8-15-14/h2-6,8H,7,9H2,1H3,(H,15,16). The van der Waals surface area contributed by atoms with Crippen molar-refractivity contribution in [3.05, 3.63) is 48.2 Å². The number of anilines is 1. The van der Waals surface area contributed by atoms with E-state index in [2.05, 4.69) is 32.6 Å². The third-order valence-corrected chi connectivity index (χ3v) is 2.88. The van der Waals surface area contributed by atoms with Crippen LogP contribution in [-0.4, -0.2) is 21.7 Å². The minimum Gasteiger partial charge on any atom is -0.369 e. The molecule has 0 atom stereocenters. The minimum absolute atomic E-state index is 0.596. The molecule has 0 bridgehead atoms. The molecule has 1 N–H and O–H groups in total. The molecule has 0 amide bonds. The molecule has 0 aliphatic rings. The predicted molar refractivity (Wildman–Crippen MR) is 73.0 cm³/mol. The van der Waals surface area contributed by atoms with Crippen LogP contribution in [0.25, 0.3) is 10.8 Å². The van der Waals surface area contributed by atoms with Crippen molar-refractivity contribution in [2.75, 3.05) is 11.9 Å². The Kier molecular flexibility index (Phi) is 3.10. The number of nitrogens with zero attached hydrogens (tertiary/aromatic N) is 3. The van der Waals surface area contributed by atoms with Crippen LogP contribution in [0, 0.1) is 6.92 Å². The Hall–Kier alpha value is -2.43. The van der Waals surface area contributed by atoms with Gasteiger partial charge >= 0.3 is 0 Å². The van der Waals surface area contributed by atoms with Crippen LogP contribution in [0.15, 0.2) is 41.1 Å². The highest BCUT2D eigenvalue weighted by molar-refractivity contribution is 5.91. The van der Waals surface area contributed by atoms with E-state index < -0.39 is 0 Å². The maximum absolute atomic E-state index is 4.93. The molecule has 0 unspecified atom stereocenters. The largest absolute Gasteiger partial charge is 0.369 e. The lowest BCUT2D eigenvalue weighted by molar-refractivity contribution is 0.387. The predicted octanol–water partition coefficient (Wildman–Crippen LogP) is 2.58. The van der Waals surface area contributed by atoms with Crippen LogP contribution in [0.2, 0.25) is 0 Å². The van der Waals surface area contributed by atoms with E-state index in [4.69, 9.17) is 4.52 Å². The SMILES string of the molecule is Cc1nc(CCNc2nccc3ccccc23)no1. The first-order chi connectivity index (χ1) is 9.33. The van der Waals surface area contributed by atoms with Crippen molar-refractivity contribution in [2.24, 2.45) is 0 Å². The third kappa shape index (κ3) is 2.54. The molecule has 0 aliphatic heterocycles. The van der Waals surface area contributed by atoms with E-state index in [1.807, 2.05) is 24.4 Å². The highest BCUT2D eigenvalue weighted by Gasteiger charge is 2.04. The molecule has 5 nitrogen and oxygen atoms in total. The maximum atomic E-state index is 4.93. The second-order valence-electron chi connectivity index (χ2n) is 4.29. The maximum Gasteiger partial charge on any atom is 0.223 e. The fraction of sp³-hybridized carbons (Fsp3) is 0.214. The molecule has 0 saturated carbocycles. The summed E-state index contributed by atoms with van der Waals surface area (Å²) in [6, 6.07) is 10.2. The summed E-state index contributed by atoms with van der Waals surface area (Å²) in [5.74, 6) is 2.20. The quantitative estimate of drug-likeness (QED) is 0.775. The lowest BCUT2D eigenvalue weighted by Gasteiger charge is -2.07. The van der Waals surface area contributed by atoms with Gasteiger partial charge in [-0.2, -0.15) is 4.98 Å². The van der Waals surface area contributed by atoms with E-state index in [-0.39, 0.29) is 0 Å². The molecule has 2 aromatic heterocycles. The zero-order valence-corrected chi connectivity index (χ0v) is 10.6. The molecule has 19 heavy (non-hydrogen) atoms. The summed E-state index contributed by atoms with van der Waals surface area (Å²) in [5, 5.41) is 9.47. The van der Waals surface area contributed by atoms with Crippen LogP contribution in [0.4, 0.5) is 5.82 Å². The zero-order chi connectivity index (χ0) is 13.1. The van der Waals surface area contributed by atoms with Gasteiger partial charge in [-0.3, -0.25) is 0 Å². The van der Waals surface area contributed by atoms with Gasteiger partial charge in [0.25, 0.3) is 0 Å². The van der Waals surface area contributed by atoms with Crippen molar-refractivity contribution < 1.29 is 4.52 Å². The summed E-state index contributed by atoms with van der Waals surface area (Å²) in [6.07, 6.45) is 2.52. The van der Waals surface area contributed by atoms with Crippen LogP contribution in [-0.2, 0) is 6.42 Å². The molecule has 3 rings (SSSR count). The number of fused-ring (bicyclic) bond motifs is 1. The number of pyridine rings is 1. The van der Waals surface area contributed by atoms with Gasteiger partial charge in [0.15, 0.2) is 5.82 Å². The van der Waals surface area contributed by atoms with Crippen molar-refractivity contribution in [2.45, 2.75) is 13.3 Å². The molecule has 0 fully saturated rings. The fourth-order valence-corrected chi connectivity index (χ4v) is 2.00. The third-order valence-electron chi connectivity index (χ3n) is 2.88. The van der Waals surface area contributed by atoms with E-state index in [1.54, 1.807) is 6.92 Å². The summed E-state index contributed by atoms with van der Waals surface area (Å²) in [6.45, 7) is 2.51. The summed E-state index contributed by atoms with van der Waals surface area (Å²) in [4.78, 5) is 8.53. The molecule has 5 heteroatoms. The van der Waals surface area contributed by atoms with Crippen LogP contribution in [0.3, 0.4) is 0 Å². The average molecular weight is 254 g/mol. The smallest absolute Gasteiger partial charge is 0.223 e. The number of aromatic nitrogens is 3. The van der Waals surface area contributed by atoms with Crippen molar-refractivity contribution >= 4 is 16.6 Å². The van der Waals surface area contributed by atoms with Gasteiger partial charge in [-0.15, -0.1) is 0 Å². The van der Waals surface area contributed by atoms with Gasteiger partial charge < -0.3 is 9.84 Å². The normalized spacial score (nSPS) is 10.8. The number of aryl methyl sites for hydroxylation is 1. The molecular formula is C14H14N4O. The highest BCUT2D eigenvalue weighted by atomic mass is 16.5. The van der Waals surface area contributed by atoms with Crippen LogP contribution in [0.1, 0.15) is 11.7 Å². The molecule has 0 radical (unpaired) electrons. The second kappa shape index (κ2) is 5.06. The van der Waals surface area contributed by atoms with Crippen molar-refractivity contribution in [3.8, 4) is 0 Å². The zero-order valence-electron chi connectivity index (χ0n) is 10.6. The van der Waals surface area contributed by atoms with Crippen LogP contribution >= 0.6 is 0 Å². The number of nitrogens with one attached hydrogen (secondary N) is 1. The van der Waals surface area contributed by atoms with E-state index in [0.29, 0.717) is 18.1 Å². The first-order valence-electron chi connectivity index (χ1n) is 6.20. The van der Waals surface area contributed by atoms with Gasteiger partial charge in [0.1, 0.15) is 5.82 Å². The molecule has 0 aliphatic carbocycles. The Labute approximate surface area is 110 Å². The Morgan fingerprint density at radius 1 is 1.21 bits per heavy atom. The molecule has 96 valence electrons. The van der Waals surface area contributed by atoms with E-state index >= 15 is 0 Å².